The molecule has 25 heavy (non-hydrogen) atoms. The first-order valence-corrected chi connectivity index (χ1v) is 9.59. The van der Waals surface area contributed by atoms with Gasteiger partial charge < -0.3 is 15.7 Å². The van der Waals surface area contributed by atoms with E-state index < -0.39 is 6.09 Å². The van der Waals surface area contributed by atoms with E-state index in [1.807, 2.05) is 36.6 Å². The highest BCUT2D eigenvalue weighted by Crippen LogP contribution is 2.38. The van der Waals surface area contributed by atoms with Crippen LogP contribution in [0.1, 0.15) is 44.0 Å². The Morgan fingerprint density at radius 2 is 2.00 bits per heavy atom. The summed E-state index contributed by atoms with van der Waals surface area (Å²) in [5.41, 5.74) is 3.03. The molecule has 0 aliphatic carbocycles. The van der Waals surface area contributed by atoms with Crippen molar-refractivity contribution in [1.29, 1.82) is 0 Å². The number of hydrogen-bond acceptors (Lipinski definition) is 4. The predicted molar refractivity (Wildman–Crippen MR) is 101 cm³/mol. The van der Waals surface area contributed by atoms with Gasteiger partial charge in [-0.1, -0.05) is 24.3 Å². The second-order valence-corrected chi connectivity index (χ2v) is 7.87. The average Bonchev–Trinajstić information content (AvgIpc) is 2.98. The van der Waals surface area contributed by atoms with E-state index in [4.69, 9.17) is 0 Å². The topological polar surface area (TPSA) is 74.2 Å². The largest absolute Gasteiger partial charge is 0.465 e. The van der Waals surface area contributed by atoms with E-state index in [0.29, 0.717) is 12.1 Å². The molecule has 134 valence electrons. The molecule has 1 aromatic heterocycles. The van der Waals surface area contributed by atoms with Crippen LogP contribution in [0.25, 0.3) is 10.6 Å². The third-order valence-electron chi connectivity index (χ3n) is 4.78. The van der Waals surface area contributed by atoms with Crippen molar-refractivity contribution < 1.29 is 9.90 Å². The number of thiazole rings is 1. The van der Waals surface area contributed by atoms with Crippen molar-refractivity contribution in [1.82, 2.24) is 15.6 Å². The minimum absolute atomic E-state index is 0.232. The molecule has 1 amide bonds. The summed E-state index contributed by atoms with van der Waals surface area (Å²) in [5, 5.41) is 18.7. The van der Waals surface area contributed by atoms with Gasteiger partial charge >= 0.3 is 6.09 Å². The maximum absolute atomic E-state index is 11.5. The van der Waals surface area contributed by atoms with E-state index >= 15 is 0 Å². The van der Waals surface area contributed by atoms with Crippen molar-refractivity contribution in [2.24, 2.45) is 5.92 Å². The first-order valence-electron chi connectivity index (χ1n) is 8.71. The molecular weight excluding hydrogens is 334 g/mol. The van der Waals surface area contributed by atoms with Crippen LogP contribution in [0.5, 0.6) is 0 Å². The summed E-state index contributed by atoms with van der Waals surface area (Å²) in [6.45, 7) is 6.30. The van der Waals surface area contributed by atoms with Gasteiger partial charge in [0.15, 0.2) is 0 Å². The molecule has 0 radical (unpaired) electrons. The Morgan fingerprint density at radius 3 is 2.60 bits per heavy atom. The minimum atomic E-state index is -0.978. The minimum Gasteiger partial charge on any atom is -0.465 e. The standard InChI is InChI=1S/C19H25N3O2S/c1-11-8-14(9-12(2)20-11)17(22-19(23)24)15-6-4-5-7-16(15)18-21-13(3)10-25-18/h4-7,10-12,14,17,20,22H,8-9H2,1-3H3,(H,23,24)/t11-,12+,14?,17?. The molecule has 2 unspecified atom stereocenters. The van der Waals surface area contributed by atoms with Crippen molar-refractivity contribution in [2.75, 3.05) is 0 Å². The van der Waals surface area contributed by atoms with Crippen molar-refractivity contribution in [3.05, 3.63) is 40.9 Å². The van der Waals surface area contributed by atoms with E-state index in [9.17, 15) is 9.90 Å². The molecule has 1 saturated heterocycles. The van der Waals surface area contributed by atoms with Crippen LogP contribution < -0.4 is 10.6 Å². The van der Waals surface area contributed by atoms with Gasteiger partial charge in [0.1, 0.15) is 5.01 Å². The van der Waals surface area contributed by atoms with E-state index in [-0.39, 0.29) is 12.0 Å². The molecule has 0 saturated carbocycles. The number of aryl methyl sites for hydroxylation is 1. The Kier molecular flexibility index (Phi) is 5.39. The lowest BCUT2D eigenvalue weighted by Crippen LogP contribution is -2.46. The molecule has 2 heterocycles. The fourth-order valence-corrected chi connectivity index (χ4v) is 4.77. The SMILES string of the molecule is Cc1csc(-c2ccccc2C(NC(=O)O)C2C[C@@H](C)N[C@@H](C)C2)n1. The van der Waals surface area contributed by atoms with Gasteiger partial charge in [-0.05, 0) is 45.1 Å². The van der Waals surface area contributed by atoms with Crippen molar-refractivity contribution in [3.63, 3.8) is 0 Å². The highest BCUT2D eigenvalue weighted by Gasteiger charge is 2.33. The Bertz CT molecular complexity index is 736. The fraction of sp³-hybridized carbons (Fsp3) is 0.474. The molecule has 1 aliphatic heterocycles. The molecular formula is C19H25N3O2S. The quantitative estimate of drug-likeness (QED) is 0.765. The van der Waals surface area contributed by atoms with Gasteiger partial charge in [-0.15, -0.1) is 11.3 Å². The van der Waals surface area contributed by atoms with E-state index in [2.05, 4.69) is 29.5 Å². The number of nitrogens with one attached hydrogen (secondary N) is 2. The van der Waals surface area contributed by atoms with E-state index in [1.54, 1.807) is 11.3 Å². The molecule has 1 aliphatic rings. The molecule has 1 fully saturated rings. The zero-order valence-electron chi connectivity index (χ0n) is 14.8. The monoisotopic (exact) mass is 359 g/mol. The van der Waals surface area contributed by atoms with E-state index in [0.717, 1.165) is 34.7 Å². The lowest BCUT2D eigenvalue weighted by atomic mass is 9.79. The smallest absolute Gasteiger partial charge is 0.405 e. The van der Waals surface area contributed by atoms with Gasteiger partial charge in [-0.25, -0.2) is 9.78 Å². The second-order valence-electron chi connectivity index (χ2n) is 7.01. The molecule has 4 atom stereocenters. The summed E-state index contributed by atoms with van der Waals surface area (Å²) < 4.78 is 0. The lowest BCUT2D eigenvalue weighted by Gasteiger charge is -2.38. The summed E-state index contributed by atoms with van der Waals surface area (Å²) >= 11 is 1.60. The number of aromatic nitrogens is 1. The lowest BCUT2D eigenvalue weighted by molar-refractivity contribution is 0.169. The van der Waals surface area contributed by atoms with Crippen LogP contribution in [0.15, 0.2) is 29.6 Å². The number of nitrogens with zero attached hydrogens (tertiary/aromatic N) is 1. The second kappa shape index (κ2) is 7.54. The first kappa shape index (κ1) is 17.9. The Hall–Kier alpha value is -1.92. The zero-order chi connectivity index (χ0) is 18.0. The molecule has 0 bridgehead atoms. The third-order valence-corrected chi connectivity index (χ3v) is 5.77. The summed E-state index contributed by atoms with van der Waals surface area (Å²) in [7, 11) is 0. The fourth-order valence-electron chi connectivity index (χ4n) is 3.92. The highest BCUT2D eigenvalue weighted by molar-refractivity contribution is 7.13. The average molecular weight is 359 g/mol. The van der Waals surface area contributed by atoms with Gasteiger partial charge in [0.2, 0.25) is 0 Å². The molecule has 1 aromatic carbocycles. The van der Waals surface area contributed by atoms with Gasteiger partial charge in [-0.3, -0.25) is 0 Å². The summed E-state index contributed by atoms with van der Waals surface area (Å²) in [6.07, 6.45) is 0.912. The summed E-state index contributed by atoms with van der Waals surface area (Å²) in [4.78, 5) is 16.1. The van der Waals surface area contributed by atoms with Gasteiger partial charge in [0, 0.05) is 28.7 Å². The Labute approximate surface area is 152 Å². The molecule has 2 aromatic rings. The van der Waals surface area contributed by atoms with Gasteiger partial charge in [-0.2, -0.15) is 0 Å². The van der Waals surface area contributed by atoms with Gasteiger partial charge in [0.05, 0.1) is 6.04 Å². The summed E-state index contributed by atoms with van der Waals surface area (Å²) in [5.74, 6) is 0.254. The number of rotatable bonds is 4. The van der Waals surface area contributed by atoms with Crippen LogP contribution >= 0.6 is 11.3 Å². The maximum Gasteiger partial charge on any atom is 0.405 e. The third kappa shape index (κ3) is 4.19. The first-order chi connectivity index (χ1) is 11.9. The van der Waals surface area contributed by atoms with Crippen molar-refractivity contribution in [3.8, 4) is 10.6 Å². The van der Waals surface area contributed by atoms with Crippen LogP contribution in [0.2, 0.25) is 0 Å². The van der Waals surface area contributed by atoms with Crippen LogP contribution in [-0.4, -0.2) is 28.3 Å². The van der Waals surface area contributed by atoms with E-state index in [1.165, 1.54) is 0 Å². The van der Waals surface area contributed by atoms with Crippen molar-refractivity contribution >= 4 is 17.4 Å². The molecule has 0 spiro atoms. The maximum atomic E-state index is 11.5. The highest BCUT2D eigenvalue weighted by atomic mass is 32.1. The van der Waals surface area contributed by atoms with Crippen LogP contribution in [0.4, 0.5) is 4.79 Å². The molecule has 3 N–H and O–H groups in total. The number of benzene rings is 1. The van der Waals surface area contributed by atoms with Crippen LogP contribution in [0, 0.1) is 12.8 Å². The molecule has 5 nitrogen and oxygen atoms in total. The van der Waals surface area contributed by atoms with Crippen molar-refractivity contribution in [2.45, 2.75) is 51.7 Å². The Balaban J connectivity index is 2.01. The van der Waals surface area contributed by atoms with Crippen LogP contribution in [0.3, 0.4) is 0 Å². The molecule has 3 rings (SSSR count). The number of hydrogen-bond donors (Lipinski definition) is 3. The Morgan fingerprint density at radius 1 is 1.32 bits per heavy atom. The molecule has 6 heteroatoms. The normalized spacial score (nSPS) is 24.7. The summed E-state index contributed by atoms with van der Waals surface area (Å²) in [6, 6.07) is 8.56. The predicted octanol–water partition coefficient (Wildman–Crippen LogP) is 4.20. The zero-order valence-corrected chi connectivity index (χ0v) is 15.6. The number of carboxylic acid groups (broad SMARTS) is 1. The van der Waals surface area contributed by atoms with Crippen LogP contribution in [-0.2, 0) is 0 Å². The number of piperidine rings is 1. The van der Waals surface area contributed by atoms with Gasteiger partial charge in [0.25, 0.3) is 0 Å². The number of carbonyl (C=O) groups is 1. The number of amides is 1.